The average Bonchev–Trinajstić information content (AvgIpc) is 1.96. The van der Waals surface area contributed by atoms with E-state index in [0.717, 1.165) is 29.8 Å². The van der Waals surface area contributed by atoms with Crippen molar-refractivity contribution >= 4 is 65.2 Å². The van der Waals surface area contributed by atoms with Crippen molar-refractivity contribution in [3.05, 3.63) is 266 Å². The molecule has 4 atom stereocenters. The first kappa shape index (κ1) is 46.5. The standard InChI is InChI=1S/C77H60N4/c1-4-6-21-49-23-20-33-63-57(49)41-43-79-73(63)64-31-9-10-32-65(64)74-76(3,5-2)77(74,79)75-66-39-38-53(47-67(66)72-58-26-8-7-22-50(58)40-42-78(72)75)51-24-19-25-52(44-51)54-45-55(80-68-34-15-11-27-59(68)60-28-12-16-35-69(60)80)48-56(46-54)81-70-36-17-13-29-61(70)62-30-14-18-37-71(62)81/h7-20,22-48,74-75H,4-6,21H2,1-3H3/q+2. The Morgan fingerprint density at radius 1 is 0.420 bits per heavy atom. The summed E-state index contributed by atoms with van der Waals surface area (Å²) < 4.78 is 10.4. The van der Waals surface area contributed by atoms with Gasteiger partial charge >= 0.3 is 0 Å². The van der Waals surface area contributed by atoms with Crippen LogP contribution in [0, 0.1) is 5.41 Å². The number of hydrogen-bond donors (Lipinski definition) is 0. The molecule has 0 saturated heterocycles. The van der Waals surface area contributed by atoms with Gasteiger partial charge in [-0.3, -0.25) is 0 Å². The topological polar surface area (TPSA) is 17.6 Å². The van der Waals surface area contributed by atoms with Crippen molar-refractivity contribution in [1.29, 1.82) is 0 Å². The van der Waals surface area contributed by atoms with Crippen molar-refractivity contribution < 1.29 is 9.13 Å². The van der Waals surface area contributed by atoms with Crippen LogP contribution in [0.25, 0.3) is 121 Å². The lowest BCUT2D eigenvalue weighted by atomic mass is 9.83. The number of aromatic nitrogens is 4. The van der Waals surface area contributed by atoms with Gasteiger partial charge in [0.05, 0.1) is 55.3 Å². The number of hydrogen-bond acceptors (Lipinski definition) is 0. The van der Waals surface area contributed by atoms with Crippen molar-refractivity contribution in [3.63, 3.8) is 0 Å². The Hall–Kier alpha value is -9.38. The van der Waals surface area contributed by atoms with Crippen molar-refractivity contribution in [2.24, 2.45) is 5.41 Å². The summed E-state index contributed by atoms with van der Waals surface area (Å²) in [6.07, 6.45) is 9.44. The first-order valence-corrected chi connectivity index (χ1v) is 29.3. The molecule has 4 heteroatoms. The van der Waals surface area contributed by atoms with E-state index in [9.17, 15) is 0 Å². The smallest absolute Gasteiger partial charge is 0.249 e. The minimum atomic E-state index is -0.275. The summed E-state index contributed by atoms with van der Waals surface area (Å²) in [7, 11) is 0. The molecule has 0 radical (unpaired) electrons. The summed E-state index contributed by atoms with van der Waals surface area (Å²) in [6.45, 7) is 7.34. The third-order valence-corrected chi connectivity index (χ3v) is 19.7. The molecule has 4 aromatic heterocycles. The Bertz CT molecular complexity index is 4740. The molecule has 6 heterocycles. The Morgan fingerprint density at radius 3 is 1.64 bits per heavy atom. The van der Waals surface area contributed by atoms with Gasteiger partial charge in [0.1, 0.15) is 0 Å². The molecule has 1 fully saturated rings. The van der Waals surface area contributed by atoms with Crippen LogP contribution in [0.2, 0.25) is 0 Å². The highest BCUT2D eigenvalue weighted by Crippen LogP contribution is 2.79. The number of unbranched alkanes of at least 4 members (excludes halogenated alkanes) is 1. The van der Waals surface area contributed by atoms with Crippen LogP contribution in [-0.4, -0.2) is 9.13 Å². The lowest BCUT2D eigenvalue weighted by Gasteiger charge is -2.27. The monoisotopic (exact) mass is 1040 g/mol. The Morgan fingerprint density at radius 2 is 0.988 bits per heavy atom. The van der Waals surface area contributed by atoms with Gasteiger partial charge in [-0.1, -0.05) is 179 Å². The van der Waals surface area contributed by atoms with Crippen molar-refractivity contribution in [2.75, 3.05) is 0 Å². The molecule has 14 aromatic rings. The van der Waals surface area contributed by atoms with Gasteiger partial charge in [0.2, 0.25) is 23.0 Å². The fourth-order valence-corrected chi connectivity index (χ4v) is 16.1. The number of nitrogens with zero attached hydrogens (tertiary/aromatic N) is 4. The van der Waals surface area contributed by atoms with Gasteiger partial charge in [0, 0.05) is 50.6 Å². The normalized spacial score (nSPS) is 18.6. The summed E-state index contributed by atoms with van der Waals surface area (Å²) in [5.41, 5.74) is 21.2. The van der Waals surface area contributed by atoms with Crippen LogP contribution < -0.4 is 9.13 Å². The first-order chi connectivity index (χ1) is 40.0. The number of rotatable bonds is 9. The molecular formula is C77H60N4+2. The van der Waals surface area contributed by atoms with E-state index in [2.05, 4.69) is 288 Å². The van der Waals surface area contributed by atoms with Gasteiger partial charge in [-0.25, -0.2) is 0 Å². The fraction of sp³-hybridized carbons (Fsp3) is 0.143. The van der Waals surface area contributed by atoms with E-state index in [0.29, 0.717) is 5.92 Å². The van der Waals surface area contributed by atoms with Gasteiger partial charge < -0.3 is 9.13 Å². The van der Waals surface area contributed by atoms with Gasteiger partial charge in [0.25, 0.3) is 0 Å². The molecule has 386 valence electrons. The van der Waals surface area contributed by atoms with Crippen LogP contribution in [-0.2, 0) is 12.0 Å². The minimum absolute atomic E-state index is 0.0342. The Kier molecular flexibility index (Phi) is 9.94. The molecule has 17 rings (SSSR count). The highest BCUT2D eigenvalue weighted by Gasteiger charge is 2.89. The first-order valence-electron chi connectivity index (χ1n) is 29.3. The lowest BCUT2D eigenvalue weighted by Crippen LogP contribution is -2.62. The summed E-state index contributed by atoms with van der Waals surface area (Å²) in [5, 5.41) is 10.3. The van der Waals surface area contributed by atoms with Gasteiger partial charge in [-0.05, 0) is 136 Å². The number of para-hydroxylation sites is 4. The maximum atomic E-state index is 2.79. The zero-order valence-electron chi connectivity index (χ0n) is 45.9. The highest BCUT2D eigenvalue weighted by molar-refractivity contribution is 6.11. The van der Waals surface area contributed by atoms with Crippen molar-refractivity contribution in [1.82, 2.24) is 9.13 Å². The predicted molar refractivity (Wildman–Crippen MR) is 335 cm³/mol. The van der Waals surface area contributed by atoms with Crippen molar-refractivity contribution in [3.8, 4) is 56.1 Å². The molecule has 81 heavy (non-hydrogen) atoms. The molecule has 4 unspecified atom stereocenters. The zero-order valence-corrected chi connectivity index (χ0v) is 45.9. The van der Waals surface area contributed by atoms with E-state index in [4.69, 9.17) is 0 Å². The van der Waals surface area contributed by atoms with E-state index < -0.39 is 0 Å². The Labute approximate surface area is 472 Å². The van der Waals surface area contributed by atoms with Crippen LogP contribution in [0.3, 0.4) is 0 Å². The summed E-state index contributed by atoms with van der Waals surface area (Å²) in [4.78, 5) is 0. The van der Waals surface area contributed by atoms with Crippen molar-refractivity contribution in [2.45, 2.75) is 64.0 Å². The summed E-state index contributed by atoms with van der Waals surface area (Å²) in [5.74, 6) is 0.314. The van der Waals surface area contributed by atoms with Gasteiger partial charge in [-0.2, -0.15) is 9.13 Å². The van der Waals surface area contributed by atoms with Crippen LogP contribution in [0.5, 0.6) is 0 Å². The number of fused-ring (bicyclic) bond motifs is 19. The van der Waals surface area contributed by atoms with E-state index in [1.54, 1.807) is 0 Å². The highest BCUT2D eigenvalue weighted by atomic mass is 15.3. The second-order valence-electron chi connectivity index (χ2n) is 23.6. The summed E-state index contributed by atoms with van der Waals surface area (Å²) >= 11 is 0. The zero-order chi connectivity index (χ0) is 53.7. The maximum Gasteiger partial charge on any atom is 0.249 e. The molecule has 0 amide bonds. The van der Waals surface area contributed by atoms with E-state index in [-0.39, 0.29) is 17.0 Å². The molecular weight excluding hydrogens is 981 g/mol. The lowest BCUT2D eigenvalue weighted by molar-refractivity contribution is -0.816. The maximum absolute atomic E-state index is 2.79. The third-order valence-electron chi connectivity index (χ3n) is 19.7. The molecule has 1 saturated carbocycles. The van der Waals surface area contributed by atoms with Crippen LogP contribution in [0.4, 0.5) is 0 Å². The third kappa shape index (κ3) is 6.31. The van der Waals surface area contributed by atoms with Gasteiger partial charge in [0.15, 0.2) is 12.4 Å². The van der Waals surface area contributed by atoms with Gasteiger partial charge in [-0.15, -0.1) is 0 Å². The minimum Gasteiger partial charge on any atom is -0.309 e. The molecule has 0 bridgehead atoms. The molecule has 3 aliphatic rings. The second kappa shape index (κ2) is 17.3. The van der Waals surface area contributed by atoms with E-state index in [1.807, 2.05) is 0 Å². The number of aryl methyl sites for hydroxylation is 1. The Balaban J connectivity index is 0.867. The molecule has 2 aliphatic heterocycles. The van der Waals surface area contributed by atoms with E-state index >= 15 is 0 Å². The number of pyridine rings is 2. The average molecular weight is 1040 g/mol. The number of benzene rings is 10. The fourth-order valence-electron chi connectivity index (χ4n) is 16.1. The van der Waals surface area contributed by atoms with Crippen LogP contribution in [0.15, 0.2) is 249 Å². The quantitative estimate of drug-likeness (QED) is 0.128. The molecule has 4 nitrogen and oxygen atoms in total. The molecule has 10 aromatic carbocycles. The van der Waals surface area contributed by atoms with Crippen LogP contribution >= 0.6 is 0 Å². The molecule has 0 N–H and O–H groups in total. The summed E-state index contributed by atoms with van der Waals surface area (Å²) in [6, 6.07) is 89.8. The van der Waals surface area contributed by atoms with E-state index in [1.165, 1.54) is 134 Å². The largest absolute Gasteiger partial charge is 0.309 e. The molecule has 1 aliphatic carbocycles. The van der Waals surface area contributed by atoms with Crippen LogP contribution in [0.1, 0.15) is 68.7 Å². The predicted octanol–water partition coefficient (Wildman–Crippen LogP) is 18.6. The SMILES string of the molecule is CCCCc1cccc2c3[n+](ccc12)C1(C2c4ccc(-c5cccc(-c6cc(-n7c8ccccc8c8ccccc87)cc(-n7c8ccccc8c8ccccc87)c6)c5)cc4-c4c5ccccc5cc[n+]42)C(c2ccccc2-3)C1(C)CC. The molecule has 0 spiro atoms. The second-order valence-corrected chi connectivity index (χ2v) is 23.6.